The number of aromatic nitrogens is 4. The molecular formula is C12H17N5O2S. The van der Waals surface area contributed by atoms with Crippen LogP contribution in [0.25, 0.3) is 10.8 Å². The first-order valence-corrected chi connectivity index (χ1v) is 7.23. The Kier molecular flexibility index (Phi) is 4.80. The highest BCUT2D eigenvalue weighted by atomic mass is 32.1. The Balaban J connectivity index is 2.00. The molecule has 7 nitrogen and oxygen atoms in total. The molecule has 3 N–H and O–H groups in total. The monoisotopic (exact) mass is 295 g/mol. The van der Waals surface area contributed by atoms with Gasteiger partial charge in [0.15, 0.2) is 10.8 Å². The van der Waals surface area contributed by atoms with Gasteiger partial charge in [-0.05, 0) is 19.8 Å². The molecule has 1 atom stereocenters. The van der Waals surface area contributed by atoms with Crippen molar-refractivity contribution in [2.24, 2.45) is 0 Å². The zero-order valence-corrected chi connectivity index (χ0v) is 12.2. The molecule has 2 aromatic heterocycles. The van der Waals surface area contributed by atoms with Gasteiger partial charge in [-0.2, -0.15) is 5.10 Å². The van der Waals surface area contributed by atoms with Crippen molar-refractivity contribution in [3.05, 3.63) is 16.9 Å². The summed E-state index contributed by atoms with van der Waals surface area (Å²) in [6, 6.07) is 0. The van der Waals surface area contributed by atoms with Gasteiger partial charge in [-0.25, -0.2) is 9.97 Å². The second-order valence-electron chi connectivity index (χ2n) is 4.37. The van der Waals surface area contributed by atoms with Crippen LogP contribution in [0.5, 0.6) is 0 Å². The number of aliphatic hydroxyl groups excluding tert-OH is 1. The van der Waals surface area contributed by atoms with Crippen molar-refractivity contribution < 1.29 is 9.90 Å². The highest BCUT2D eigenvalue weighted by Gasteiger charge is 2.17. The third-order valence-corrected chi connectivity index (χ3v) is 4.02. The minimum Gasteiger partial charge on any atom is -0.393 e. The summed E-state index contributed by atoms with van der Waals surface area (Å²) in [5.41, 5.74) is 0.662. The Morgan fingerprint density at radius 3 is 3.05 bits per heavy atom. The van der Waals surface area contributed by atoms with Crippen molar-refractivity contribution in [3.8, 4) is 10.8 Å². The summed E-state index contributed by atoms with van der Waals surface area (Å²) < 4.78 is 0. The molecule has 2 aromatic rings. The van der Waals surface area contributed by atoms with E-state index in [9.17, 15) is 9.90 Å². The fraction of sp³-hybridized carbons (Fsp3) is 0.500. The maximum Gasteiger partial charge on any atom is 0.263 e. The van der Waals surface area contributed by atoms with Gasteiger partial charge < -0.3 is 10.4 Å². The molecule has 0 fully saturated rings. The number of aliphatic hydroxyl groups is 1. The number of aromatic amines is 1. The maximum atomic E-state index is 12.0. The number of carbonyl (C=O) groups excluding carboxylic acids is 1. The molecule has 1 unspecified atom stereocenters. The summed E-state index contributed by atoms with van der Waals surface area (Å²) in [5.74, 6) is 0.382. The van der Waals surface area contributed by atoms with Gasteiger partial charge in [0.25, 0.3) is 5.91 Å². The molecule has 0 spiro atoms. The molecule has 0 aliphatic heterocycles. The minimum atomic E-state index is -0.373. The van der Waals surface area contributed by atoms with Gasteiger partial charge >= 0.3 is 0 Å². The number of nitrogens with zero attached hydrogens (tertiary/aromatic N) is 3. The van der Waals surface area contributed by atoms with E-state index in [1.165, 1.54) is 17.7 Å². The quantitative estimate of drug-likeness (QED) is 0.741. The third-order valence-electron chi connectivity index (χ3n) is 2.85. The Labute approximate surface area is 120 Å². The first-order valence-electron chi connectivity index (χ1n) is 6.41. The molecule has 2 rings (SSSR count). The lowest BCUT2D eigenvalue weighted by Gasteiger charge is -2.08. The first-order chi connectivity index (χ1) is 9.61. The average Bonchev–Trinajstić information content (AvgIpc) is 3.07. The van der Waals surface area contributed by atoms with E-state index in [-0.39, 0.29) is 12.0 Å². The third kappa shape index (κ3) is 3.40. The van der Waals surface area contributed by atoms with Crippen molar-refractivity contribution in [3.63, 3.8) is 0 Å². The van der Waals surface area contributed by atoms with Gasteiger partial charge in [0.05, 0.1) is 11.8 Å². The maximum absolute atomic E-state index is 12.0. The molecule has 20 heavy (non-hydrogen) atoms. The molecular weight excluding hydrogens is 278 g/mol. The van der Waals surface area contributed by atoms with Crippen LogP contribution in [0.1, 0.15) is 35.1 Å². The predicted octanol–water partition coefficient (Wildman–Crippen LogP) is 1.13. The van der Waals surface area contributed by atoms with Crippen LogP contribution in [0.3, 0.4) is 0 Å². The molecule has 1 amide bonds. The fourth-order valence-corrected chi connectivity index (χ4v) is 2.58. The molecule has 0 saturated carbocycles. The second-order valence-corrected chi connectivity index (χ2v) is 5.37. The predicted molar refractivity (Wildman–Crippen MR) is 75.5 cm³/mol. The normalized spacial score (nSPS) is 12.3. The zero-order valence-electron chi connectivity index (χ0n) is 11.4. The Bertz CT molecular complexity index is 566. The van der Waals surface area contributed by atoms with Crippen molar-refractivity contribution in [1.82, 2.24) is 25.5 Å². The molecule has 8 heteroatoms. The van der Waals surface area contributed by atoms with E-state index >= 15 is 0 Å². The van der Waals surface area contributed by atoms with Gasteiger partial charge in [0, 0.05) is 6.54 Å². The van der Waals surface area contributed by atoms with Gasteiger partial charge in [0.1, 0.15) is 11.2 Å². The number of aryl methyl sites for hydroxylation is 1. The zero-order chi connectivity index (χ0) is 14.5. The number of amides is 1. The smallest absolute Gasteiger partial charge is 0.263 e. The number of carbonyl (C=O) groups is 1. The van der Waals surface area contributed by atoms with Crippen LogP contribution in [0.4, 0.5) is 0 Å². The van der Waals surface area contributed by atoms with Gasteiger partial charge in [-0.15, -0.1) is 11.3 Å². The van der Waals surface area contributed by atoms with Crippen LogP contribution in [-0.4, -0.2) is 43.8 Å². The number of nitrogens with one attached hydrogen (secondary N) is 2. The summed E-state index contributed by atoms with van der Waals surface area (Å²) in [6.45, 7) is 4.14. The SMILES string of the molecule is CCC(O)CCNC(=O)c1sc(-c2ncn[nH]2)nc1C. The van der Waals surface area contributed by atoms with Gasteiger partial charge in [-0.3, -0.25) is 9.89 Å². The highest BCUT2D eigenvalue weighted by molar-refractivity contribution is 7.17. The fourth-order valence-electron chi connectivity index (χ4n) is 1.65. The van der Waals surface area contributed by atoms with Crippen molar-refractivity contribution in [1.29, 1.82) is 0 Å². The molecule has 108 valence electrons. The van der Waals surface area contributed by atoms with E-state index in [2.05, 4.69) is 25.5 Å². The minimum absolute atomic E-state index is 0.172. The second kappa shape index (κ2) is 6.58. The molecule has 0 aliphatic carbocycles. The Hall–Kier alpha value is -1.80. The largest absolute Gasteiger partial charge is 0.393 e. The topological polar surface area (TPSA) is 104 Å². The standard InChI is InChI=1S/C12H17N5O2S/c1-3-8(18)4-5-13-11(19)9-7(2)16-12(20-9)10-14-6-15-17-10/h6,8,18H,3-5H2,1-2H3,(H,13,19)(H,14,15,17). The average molecular weight is 295 g/mol. The van der Waals surface area contributed by atoms with Crippen LogP contribution in [0.15, 0.2) is 6.33 Å². The molecule has 0 aliphatic rings. The van der Waals surface area contributed by atoms with Crippen molar-refractivity contribution >= 4 is 17.2 Å². The van der Waals surface area contributed by atoms with E-state index in [1.807, 2.05) is 6.92 Å². The van der Waals surface area contributed by atoms with Crippen LogP contribution in [0.2, 0.25) is 0 Å². The van der Waals surface area contributed by atoms with Crippen molar-refractivity contribution in [2.45, 2.75) is 32.8 Å². The first kappa shape index (κ1) is 14.6. The van der Waals surface area contributed by atoms with E-state index in [0.717, 1.165) is 0 Å². The van der Waals surface area contributed by atoms with E-state index in [1.54, 1.807) is 6.92 Å². The number of hydrogen-bond donors (Lipinski definition) is 3. The number of H-pyrrole nitrogens is 1. The number of hydrogen-bond acceptors (Lipinski definition) is 6. The van der Waals surface area contributed by atoms with E-state index < -0.39 is 0 Å². The van der Waals surface area contributed by atoms with Gasteiger partial charge in [-0.1, -0.05) is 6.92 Å². The Morgan fingerprint density at radius 1 is 1.60 bits per heavy atom. The van der Waals surface area contributed by atoms with E-state index in [0.29, 0.717) is 40.8 Å². The van der Waals surface area contributed by atoms with Crippen molar-refractivity contribution in [2.75, 3.05) is 6.54 Å². The van der Waals surface area contributed by atoms with Crippen LogP contribution in [-0.2, 0) is 0 Å². The summed E-state index contributed by atoms with van der Waals surface area (Å²) in [4.78, 5) is 20.9. The molecule has 0 saturated heterocycles. The molecule has 0 aromatic carbocycles. The van der Waals surface area contributed by atoms with Crippen LogP contribution < -0.4 is 5.32 Å². The van der Waals surface area contributed by atoms with E-state index in [4.69, 9.17) is 0 Å². The molecule has 0 radical (unpaired) electrons. The lowest BCUT2D eigenvalue weighted by Crippen LogP contribution is -2.26. The lowest BCUT2D eigenvalue weighted by molar-refractivity contribution is 0.0945. The molecule has 2 heterocycles. The summed E-state index contributed by atoms with van der Waals surface area (Å²) in [5, 5.41) is 19.4. The summed E-state index contributed by atoms with van der Waals surface area (Å²) in [6.07, 6.45) is 2.26. The highest BCUT2D eigenvalue weighted by Crippen LogP contribution is 2.24. The summed E-state index contributed by atoms with van der Waals surface area (Å²) >= 11 is 1.27. The summed E-state index contributed by atoms with van der Waals surface area (Å²) in [7, 11) is 0. The molecule has 0 bridgehead atoms. The number of thiazole rings is 1. The lowest BCUT2D eigenvalue weighted by atomic mass is 10.2. The van der Waals surface area contributed by atoms with Crippen LogP contribution >= 0.6 is 11.3 Å². The van der Waals surface area contributed by atoms with Crippen LogP contribution in [0, 0.1) is 6.92 Å². The number of rotatable bonds is 6. The van der Waals surface area contributed by atoms with Gasteiger partial charge in [0.2, 0.25) is 0 Å². The Morgan fingerprint density at radius 2 is 2.40 bits per heavy atom.